The lowest BCUT2D eigenvalue weighted by Crippen LogP contribution is -1.67. The van der Waals surface area contributed by atoms with Crippen molar-refractivity contribution in [3.63, 3.8) is 0 Å². The Morgan fingerprint density at radius 3 is 0.441 bits per heavy atom. The number of fused-ring (bicyclic) bond motifs is 3. The second-order valence-corrected chi connectivity index (χ2v) is 7.85. The van der Waals surface area contributed by atoms with Crippen LogP contribution >= 0.6 is 8.60 Å². The van der Waals surface area contributed by atoms with Gasteiger partial charge in [0.05, 0.1) is 0 Å². The van der Waals surface area contributed by atoms with Gasteiger partial charge in [-0.25, -0.2) is 0 Å². The second-order valence-electron chi connectivity index (χ2n) is 7.31. The van der Waals surface area contributed by atoms with E-state index in [0.29, 0.717) is 0 Å². The molecule has 0 saturated heterocycles. The van der Waals surface area contributed by atoms with Crippen molar-refractivity contribution in [1.82, 2.24) is 0 Å². The van der Waals surface area contributed by atoms with Gasteiger partial charge in [-0.2, -0.15) is 0 Å². The first-order valence-corrected chi connectivity index (χ1v) is 12.0. The molecule has 0 radical (unpaired) electrons. The van der Waals surface area contributed by atoms with Crippen LogP contribution in [0, 0.1) is 0 Å². The Labute approximate surface area is 201 Å². The summed E-state index contributed by atoms with van der Waals surface area (Å²) in [5.41, 5.74) is 0. The molecule has 0 aliphatic heterocycles. The minimum atomic E-state index is -2.62. The Bertz CT molecular complexity index is 1050. The van der Waals surface area contributed by atoms with Gasteiger partial charge in [-0.1, -0.05) is 146 Å². The quantitative estimate of drug-likeness (QED) is 0.201. The number of hydrogen-bond acceptors (Lipinski definition) is 3. The predicted octanol–water partition coefficient (Wildman–Crippen LogP) is 7.71. The highest BCUT2D eigenvalue weighted by atomic mass is 31.2. The zero-order valence-corrected chi connectivity index (χ0v) is 19.5. The first kappa shape index (κ1) is 25.0. The zero-order chi connectivity index (χ0) is 24.0. The molecule has 0 unspecified atom stereocenters. The molecule has 3 nitrogen and oxygen atoms in total. The summed E-state index contributed by atoms with van der Waals surface area (Å²) in [6.07, 6.45) is 0. The average Bonchev–Trinajstić information content (AvgIpc) is 2.89. The minimum absolute atomic E-state index is 1.31. The number of benzene rings is 6. The van der Waals surface area contributed by atoms with E-state index < -0.39 is 8.60 Å². The third kappa shape index (κ3) is 8.40. The summed E-state index contributed by atoms with van der Waals surface area (Å²) < 4.78 is 0. The molecule has 0 heterocycles. The van der Waals surface area contributed by atoms with Gasteiger partial charge in [0.1, 0.15) is 0 Å². The summed E-state index contributed by atoms with van der Waals surface area (Å²) in [5, 5.41) is 7.86. The summed E-state index contributed by atoms with van der Waals surface area (Å²) in [6.45, 7) is 0. The van der Waals surface area contributed by atoms with Gasteiger partial charge in [-0.05, 0) is 32.3 Å². The predicted molar refractivity (Wildman–Crippen MR) is 145 cm³/mol. The third-order valence-electron chi connectivity index (χ3n) is 4.98. The summed E-state index contributed by atoms with van der Waals surface area (Å²) in [7, 11) is -2.62. The second kappa shape index (κ2) is 13.8. The van der Waals surface area contributed by atoms with Crippen LogP contribution in [0.1, 0.15) is 0 Å². The lowest BCUT2D eigenvalue weighted by atomic mass is 10.1. The fourth-order valence-corrected chi connectivity index (χ4v) is 3.40. The van der Waals surface area contributed by atoms with Crippen LogP contribution in [0.2, 0.25) is 0 Å². The summed E-state index contributed by atoms with van der Waals surface area (Å²) in [5.74, 6) is 0. The van der Waals surface area contributed by atoms with Gasteiger partial charge in [0.15, 0.2) is 0 Å². The Hall–Kier alpha value is -3.59. The van der Waals surface area contributed by atoms with Gasteiger partial charge >= 0.3 is 8.60 Å². The van der Waals surface area contributed by atoms with Crippen LogP contribution in [-0.2, 0) is 0 Å². The molecular weight excluding hydrogens is 439 g/mol. The van der Waals surface area contributed by atoms with Crippen molar-refractivity contribution < 1.29 is 14.7 Å². The van der Waals surface area contributed by atoms with Crippen molar-refractivity contribution in [3.05, 3.63) is 146 Å². The maximum atomic E-state index is 7.23. The van der Waals surface area contributed by atoms with Crippen LogP contribution in [0.3, 0.4) is 0 Å². The van der Waals surface area contributed by atoms with Gasteiger partial charge in [0, 0.05) is 0 Å². The maximum absolute atomic E-state index is 7.23. The molecule has 0 aliphatic rings. The van der Waals surface area contributed by atoms with Crippen molar-refractivity contribution >= 4 is 40.9 Å². The lowest BCUT2D eigenvalue weighted by Gasteiger charge is -1.92. The normalized spacial score (nSPS) is 9.88. The van der Waals surface area contributed by atoms with Crippen LogP contribution in [0.4, 0.5) is 0 Å². The van der Waals surface area contributed by atoms with Crippen molar-refractivity contribution in [2.24, 2.45) is 0 Å². The fourth-order valence-electron chi connectivity index (χ4n) is 3.40. The fraction of sp³-hybridized carbons (Fsp3) is 0. The monoisotopic (exact) mass is 466 g/mol. The Morgan fingerprint density at radius 2 is 0.353 bits per heavy atom. The SMILES string of the molecule is OP(O)O.c1ccc2ccccc2c1.c1ccc2ccccc2c1.c1ccc2ccccc2c1. The molecular formula is C30H27O3P. The van der Waals surface area contributed by atoms with E-state index in [1.54, 1.807) is 0 Å². The highest BCUT2D eigenvalue weighted by Crippen LogP contribution is 2.13. The highest BCUT2D eigenvalue weighted by molar-refractivity contribution is 7.38. The molecule has 0 saturated carbocycles. The van der Waals surface area contributed by atoms with E-state index >= 15 is 0 Å². The molecule has 34 heavy (non-hydrogen) atoms. The standard InChI is InChI=1S/3C10H8.H3O3P/c3*1-2-6-10-8-4-3-7-9(10)5-1;1-4(2)3/h3*1-8H;1-3H. The molecule has 0 amide bonds. The van der Waals surface area contributed by atoms with Crippen LogP contribution in [0.25, 0.3) is 32.3 Å². The van der Waals surface area contributed by atoms with Crippen LogP contribution in [-0.4, -0.2) is 14.7 Å². The number of rotatable bonds is 0. The minimum Gasteiger partial charge on any atom is -0.328 e. The van der Waals surface area contributed by atoms with Gasteiger partial charge < -0.3 is 14.7 Å². The molecule has 0 fully saturated rings. The van der Waals surface area contributed by atoms with Crippen LogP contribution < -0.4 is 0 Å². The molecule has 0 aromatic heterocycles. The third-order valence-corrected chi connectivity index (χ3v) is 4.98. The molecule has 0 aliphatic carbocycles. The molecule has 0 bridgehead atoms. The zero-order valence-electron chi connectivity index (χ0n) is 18.6. The first-order valence-electron chi connectivity index (χ1n) is 10.8. The van der Waals surface area contributed by atoms with E-state index in [4.69, 9.17) is 14.7 Å². The van der Waals surface area contributed by atoms with E-state index in [1.165, 1.54) is 32.3 Å². The first-order chi connectivity index (χ1) is 16.6. The smallest absolute Gasteiger partial charge is 0.324 e. The van der Waals surface area contributed by atoms with Crippen molar-refractivity contribution in [1.29, 1.82) is 0 Å². The van der Waals surface area contributed by atoms with E-state index in [9.17, 15) is 0 Å². The number of hydrogen-bond donors (Lipinski definition) is 3. The van der Waals surface area contributed by atoms with E-state index in [-0.39, 0.29) is 0 Å². The van der Waals surface area contributed by atoms with E-state index in [1.807, 2.05) is 0 Å². The summed E-state index contributed by atoms with van der Waals surface area (Å²) >= 11 is 0. The summed E-state index contributed by atoms with van der Waals surface area (Å²) in [6, 6.07) is 50.1. The van der Waals surface area contributed by atoms with Crippen molar-refractivity contribution in [3.8, 4) is 0 Å². The van der Waals surface area contributed by atoms with E-state index in [2.05, 4.69) is 146 Å². The molecule has 6 aromatic rings. The largest absolute Gasteiger partial charge is 0.328 e. The van der Waals surface area contributed by atoms with Gasteiger partial charge in [0.2, 0.25) is 0 Å². The summed E-state index contributed by atoms with van der Waals surface area (Å²) in [4.78, 5) is 21.7. The Morgan fingerprint density at radius 1 is 0.265 bits per heavy atom. The molecule has 3 N–H and O–H groups in total. The molecule has 4 heteroatoms. The van der Waals surface area contributed by atoms with Crippen LogP contribution in [0.5, 0.6) is 0 Å². The van der Waals surface area contributed by atoms with Gasteiger partial charge in [-0.15, -0.1) is 0 Å². The topological polar surface area (TPSA) is 60.7 Å². The van der Waals surface area contributed by atoms with E-state index in [0.717, 1.165) is 0 Å². The molecule has 6 rings (SSSR count). The van der Waals surface area contributed by atoms with Gasteiger partial charge in [-0.3, -0.25) is 0 Å². The van der Waals surface area contributed by atoms with Crippen molar-refractivity contribution in [2.45, 2.75) is 0 Å². The molecule has 6 aromatic carbocycles. The highest BCUT2D eigenvalue weighted by Gasteiger charge is 1.87. The van der Waals surface area contributed by atoms with Crippen LogP contribution in [0.15, 0.2) is 146 Å². The molecule has 170 valence electrons. The maximum Gasteiger partial charge on any atom is 0.324 e. The Kier molecular flexibility index (Phi) is 10.2. The Balaban J connectivity index is 0.000000133. The average molecular weight is 467 g/mol. The van der Waals surface area contributed by atoms with Crippen molar-refractivity contribution in [2.75, 3.05) is 0 Å². The van der Waals surface area contributed by atoms with Gasteiger partial charge in [0.25, 0.3) is 0 Å². The molecule has 0 spiro atoms. The lowest BCUT2D eigenvalue weighted by molar-refractivity contribution is 0.368. The molecule has 0 atom stereocenters.